The standard InChI is InChI=1S/C13H17N3O2/c14-13(16-18)11-5-3-10(4-6-11)8-15-12(17)7-9-1-2-9/h3-6,9,18H,1-2,7-8H2,(H2,14,16)(H,15,17). The molecule has 0 atom stereocenters. The summed E-state index contributed by atoms with van der Waals surface area (Å²) in [5.41, 5.74) is 7.11. The van der Waals surface area contributed by atoms with Crippen LogP contribution < -0.4 is 11.1 Å². The molecule has 2 rings (SSSR count). The maximum atomic E-state index is 11.5. The summed E-state index contributed by atoms with van der Waals surface area (Å²) in [6, 6.07) is 7.23. The van der Waals surface area contributed by atoms with E-state index in [-0.39, 0.29) is 11.7 Å². The number of amides is 1. The van der Waals surface area contributed by atoms with Crippen LogP contribution in [-0.4, -0.2) is 17.0 Å². The van der Waals surface area contributed by atoms with E-state index >= 15 is 0 Å². The van der Waals surface area contributed by atoms with Gasteiger partial charge >= 0.3 is 0 Å². The summed E-state index contributed by atoms with van der Waals surface area (Å²) in [6.45, 7) is 0.516. The van der Waals surface area contributed by atoms with Crippen molar-refractivity contribution >= 4 is 11.7 Å². The molecule has 5 nitrogen and oxygen atoms in total. The van der Waals surface area contributed by atoms with Gasteiger partial charge in [0.05, 0.1) is 0 Å². The van der Waals surface area contributed by atoms with Crippen LogP contribution in [0.5, 0.6) is 0 Å². The molecular weight excluding hydrogens is 230 g/mol. The lowest BCUT2D eigenvalue weighted by Gasteiger charge is -2.05. The molecule has 4 N–H and O–H groups in total. The van der Waals surface area contributed by atoms with Crippen molar-refractivity contribution in [2.45, 2.75) is 25.8 Å². The van der Waals surface area contributed by atoms with E-state index in [1.165, 1.54) is 12.8 Å². The van der Waals surface area contributed by atoms with Gasteiger partial charge in [0, 0.05) is 18.5 Å². The summed E-state index contributed by atoms with van der Waals surface area (Å²) in [5.74, 6) is 0.797. The van der Waals surface area contributed by atoms with Crippen LogP contribution in [0.2, 0.25) is 0 Å². The van der Waals surface area contributed by atoms with Gasteiger partial charge in [-0.1, -0.05) is 29.4 Å². The Bertz CT molecular complexity index is 450. The van der Waals surface area contributed by atoms with E-state index in [4.69, 9.17) is 10.9 Å². The van der Waals surface area contributed by atoms with E-state index in [2.05, 4.69) is 10.5 Å². The monoisotopic (exact) mass is 247 g/mol. The van der Waals surface area contributed by atoms with Crippen LogP contribution in [0.4, 0.5) is 0 Å². The summed E-state index contributed by atoms with van der Waals surface area (Å²) in [6.07, 6.45) is 3.01. The minimum Gasteiger partial charge on any atom is -0.409 e. The van der Waals surface area contributed by atoms with Crippen molar-refractivity contribution in [3.63, 3.8) is 0 Å². The normalized spacial score (nSPS) is 15.4. The Morgan fingerprint density at radius 1 is 1.39 bits per heavy atom. The van der Waals surface area contributed by atoms with Gasteiger partial charge in [-0.2, -0.15) is 0 Å². The highest BCUT2D eigenvalue weighted by molar-refractivity contribution is 5.96. The van der Waals surface area contributed by atoms with Crippen molar-refractivity contribution in [2.75, 3.05) is 0 Å². The van der Waals surface area contributed by atoms with Crippen LogP contribution in [0.25, 0.3) is 0 Å². The number of nitrogens with zero attached hydrogens (tertiary/aromatic N) is 1. The number of benzene rings is 1. The van der Waals surface area contributed by atoms with Crippen LogP contribution in [-0.2, 0) is 11.3 Å². The third-order valence-corrected chi connectivity index (χ3v) is 3.02. The molecule has 0 spiro atoms. The largest absolute Gasteiger partial charge is 0.409 e. The molecule has 1 saturated carbocycles. The van der Waals surface area contributed by atoms with Gasteiger partial charge in [-0.15, -0.1) is 0 Å². The SMILES string of the molecule is NC(=NO)c1ccc(CNC(=O)CC2CC2)cc1. The zero-order valence-electron chi connectivity index (χ0n) is 10.1. The van der Waals surface area contributed by atoms with Crippen molar-refractivity contribution in [3.05, 3.63) is 35.4 Å². The molecule has 1 aromatic rings. The van der Waals surface area contributed by atoms with Gasteiger partial charge in [0.2, 0.25) is 5.91 Å². The number of carbonyl (C=O) groups excluding carboxylic acids is 1. The average Bonchev–Trinajstić information content (AvgIpc) is 3.20. The van der Waals surface area contributed by atoms with Crippen LogP contribution in [0, 0.1) is 5.92 Å². The third-order valence-electron chi connectivity index (χ3n) is 3.02. The van der Waals surface area contributed by atoms with Gasteiger partial charge in [-0.05, 0) is 24.3 Å². The summed E-state index contributed by atoms with van der Waals surface area (Å²) in [7, 11) is 0. The lowest BCUT2D eigenvalue weighted by atomic mass is 10.1. The second kappa shape index (κ2) is 5.53. The van der Waals surface area contributed by atoms with Gasteiger partial charge < -0.3 is 16.3 Å². The molecule has 0 radical (unpaired) electrons. The quantitative estimate of drug-likeness (QED) is 0.316. The first-order valence-electron chi connectivity index (χ1n) is 6.02. The van der Waals surface area contributed by atoms with E-state index < -0.39 is 0 Å². The lowest BCUT2D eigenvalue weighted by molar-refractivity contribution is -0.121. The summed E-state index contributed by atoms with van der Waals surface area (Å²) >= 11 is 0. The molecule has 5 heteroatoms. The summed E-state index contributed by atoms with van der Waals surface area (Å²) in [5, 5.41) is 14.3. The molecule has 0 heterocycles. The maximum Gasteiger partial charge on any atom is 0.220 e. The fourth-order valence-corrected chi connectivity index (χ4v) is 1.71. The minimum absolute atomic E-state index is 0.0827. The predicted molar refractivity (Wildman–Crippen MR) is 68.1 cm³/mol. The zero-order valence-corrected chi connectivity index (χ0v) is 10.1. The summed E-state index contributed by atoms with van der Waals surface area (Å²) in [4.78, 5) is 11.5. The van der Waals surface area contributed by atoms with Gasteiger partial charge in [0.1, 0.15) is 0 Å². The Kier molecular flexibility index (Phi) is 3.82. The Hall–Kier alpha value is -2.04. The number of hydrogen-bond donors (Lipinski definition) is 3. The van der Waals surface area contributed by atoms with Crippen molar-refractivity contribution in [2.24, 2.45) is 16.8 Å². The Labute approximate surface area is 106 Å². The number of nitrogens with one attached hydrogen (secondary N) is 1. The highest BCUT2D eigenvalue weighted by atomic mass is 16.4. The van der Waals surface area contributed by atoms with E-state index in [1.807, 2.05) is 12.1 Å². The van der Waals surface area contributed by atoms with E-state index in [0.717, 1.165) is 5.56 Å². The number of carbonyl (C=O) groups is 1. The van der Waals surface area contributed by atoms with Gasteiger partial charge in [-0.3, -0.25) is 4.79 Å². The van der Waals surface area contributed by atoms with Crippen molar-refractivity contribution in [1.82, 2.24) is 5.32 Å². The molecule has 1 fully saturated rings. The molecule has 96 valence electrons. The predicted octanol–water partition coefficient (Wildman–Crippen LogP) is 1.20. The summed E-state index contributed by atoms with van der Waals surface area (Å²) < 4.78 is 0. The smallest absolute Gasteiger partial charge is 0.220 e. The average molecular weight is 247 g/mol. The number of oxime groups is 1. The number of amidine groups is 1. The molecule has 0 aromatic heterocycles. The third kappa shape index (κ3) is 3.48. The lowest BCUT2D eigenvalue weighted by Crippen LogP contribution is -2.23. The first kappa shape index (κ1) is 12.4. The molecule has 0 aliphatic heterocycles. The van der Waals surface area contributed by atoms with Gasteiger partial charge in [0.15, 0.2) is 5.84 Å². The molecule has 1 amide bonds. The highest BCUT2D eigenvalue weighted by Gasteiger charge is 2.23. The minimum atomic E-state index is 0.0827. The fourth-order valence-electron chi connectivity index (χ4n) is 1.71. The second-order valence-corrected chi connectivity index (χ2v) is 4.61. The second-order valence-electron chi connectivity index (χ2n) is 4.61. The maximum absolute atomic E-state index is 11.5. The van der Waals surface area contributed by atoms with Crippen LogP contribution in [0.1, 0.15) is 30.4 Å². The Balaban J connectivity index is 1.83. The Morgan fingerprint density at radius 2 is 2.06 bits per heavy atom. The highest BCUT2D eigenvalue weighted by Crippen LogP contribution is 2.32. The number of nitrogens with two attached hydrogens (primary N) is 1. The fraction of sp³-hybridized carbons (Fsp3) is 0.385. The number of hydrogen-bond acceptors (Lipinski definition) is 3. The zero-order chi connectivity index (χ0) is 13.0. The van der Waals surface area contributed by atoms with Crippen LogP contribution >= 0.6 is 0 Å². The van der Waals surface area contributed by atoms with E-state index in [1.54, 1.807) is 12.1 Å². The van der Waals surface area contributed by atoms with Gasteiger partial charge in [-0.25, -0.2) is 0 Å². The topological polar surface area (TPSA) is 87.7 Å². The van der Waals surface area contributed by atoms with E-state index in [0.29, 0.717) is 24.4 Å². The molecule has 18 heavy (non-hydrogen) atoms. The molecule has 1 aromatic carbocycles. The first-order valence-corrected chi connectivity index (χ1v) is 6.02. The first-order chi connectivity index (χ1) is 8.69. The van der Waals surface area contributed by atoms with Crippen molar-refractivity contribution in [1.29, 1.82) is 0 Å². The molecule has 1 aliphatic rings. The van der Waals surface area contributed by atoms with Crippen molar-refractivity contribution in [3.8, 4) is 0 Å². The number of rotatable bonds is 5. The molecule has 1 aliphatic carbocycles. The van der Waals surface area contributed by atoms with Gasteiger partial charge in [0.25, 0.3) is 0 Å². The Morgan fingerprint density at radius 3 is 2.61 bits per heavy atom. The molecule has 0 bridgehead atoms. The molecule has 0 unspecified atom stereocenters. The molecule has 0 saturated heterocycles. The van der Waals surface area contributed by atoms with Crippen LogP contribution in [0.3, 0.4) is 0 Å². The molecular formula is C13H17N3O2. The van der Waals surface area contributed by atoms with Crippen molar-refractivity contribution < 1.29 is 10.0 Å². The van der Waals surface area contributed by atoms with E-state index in [9.17, 15) is 4.79 Å². The van der Waals surface area contributed by atoms with Crippen LogP contribution in [0.15, 0.2) is 29.4 Å².